The van der Waals surface area contributed by atoms with Crippen LogP contribution in [0.4, 0.5) is 0 Å². The molecular formula is C16H18N4. The standard InChI is InChI=1S/C16H18N4/c1-3-17-15(16-18-8-9-20(16)2)13-10-12-6-4-5-7-14(12)19-11-13/h4-11,15,17H,3H2,1-2H3. The lowest BCUT2D eigenvalue weighted by molar-refractivity contribution is 0.576. The second-order valence-corrected chi connectivity index (χ2v) is 4.85. The lowest BCUT2D eigenvalue weighted by Gasteiger charge is -2.18. The van der Waals surface area contributed by atoms with Crippen molar-refractivity contribution in [1.29, 1.82) is 0 Å². The van der Waals surface area contributed by atoms with Crippen molar-refractivity contribution in [2.45, 2.75) is 13.0 Å². The van der Waals surface area contributed by atoms with Crippen molar-refractivity contribution in [2.24, 2.45) is 7.05 Å². The Labute approximate surface area is 118 Å². The summed E-state index contributed by atoms with van der Waals surface area (Å²) >= 11 is 0. The molecule has 0 spiro atoms. The number of imidazole rings is 1. The molecule has 0 bridgehead atoms. The minimum Gasteiger partial charge on any atom is -0.336 e. The molecular weight excluding hydrogens is 248 g/mol. The first-order valence-electron chi connectivity index (χ1n) is 6.85. The molecule has 2 heterocycles. The van der Waals surface area contributed by atoms with Gasteiger partial charge in [-0.25, -0.2) is 4.98 Å². The Kier molecular flexibility index (Phi) is 3.48. The molecule has 0 aliphatic rings. The largest absolute Gasteiger partial charge is 0.336 e. The zero-order valence-electron chi connectivity index (χ0n) is 11.7. The van der Waals surface area contributed by atoms with Gasteiger partial charge in [0, 0.05) is 31.0 Å². The highest BCUT2D eigenvalue weighted by Crippen LogP contribution is 2.22. The highest BCUT2D eigenvalue weighted by molar-refractivity contribution is 5.78. The van der Waals surface area contributed by atoms with Gasteiger partial charge in [-0.2, -0.15) is 0 Å². The number of para-hydroxylation sites is 1. The first-order chi connectivity index (χ1) is 9.79. The zero-order valence-corrected chi connectivity index (χ0v) is 11.7. The lowest BCUT2D eigenvalue weighted by Crippen LogP contribution is -2.24. The first kappa shape index (κ1) is 12.8. The molecule has 1 unspecified atom stereocenters. The smallest absolute Gasteiger partial charge is 0.130 e. The van der Waals surface area contributed by atoms with Crippen molar-refractivity contribution in [2.75, 3.05) is 6.54 Å². The summed E-state index contributed by atoms with van der Waals surface area (Å²) < 4.78 is 2.04. The van der Waals surface area contributed by atoms with Gasteiger partial charge in [0.2, 0.25) is 0 Å². The van der Waals surface area contributed by atoms with E-state index in [9.17, 15) is 0 Å². The van der Waals surface area contributed by atoms with Crippen LogP contribution in [0.1, 0.15) is 24.4 Å². The molecule has 0 aliphatic carbocycles. The van der Waals surface area contributed by atoms with Gasteiger partial charge in [-0.1, -0.05) is 25.1 Å². The molecule has 0 fully saturated rings. The molecule has 102 valence electrons. The molecule has 2 aromatic heterocycles. The Morgan fingerprint density at radius 2 is 2.10 bits per heavy atom. The number of fused-ring (bicyclic) bond motifs is 1. The van der Waals surface area contributed by atoms with Crippen LogP contribution in [-0.4, -0.2) is 21.1 Å². The fourth-order valence-corrected chi connectivity index (χ4v) is 2.46. The highest BCUT2D eigenvalue weighted by Gasteiger charge is 2.17. The van der Waals surface area contributed by atoms with Crippen molar-refractivity contribution < 1.29 is 0 Å². The number of hydrogen-bond donors (Lipinski definition) is 1. The number of aryl methyl sites for hydroxylation is 1. The first-order valence-corrected chi connectivity index (χ1v) is 6.85. The van der Waals surface area contributed by atoms with Crippen molar-refractivity contribution >= 4 is 10.9 Å². The highest BCUT2D eigenvalue weighted by atomic mass is 15.1. The van der Waals surface area contributed by atoms with Crippen molar-refractivity contribution in [3.8, 4) is 0 Å². The van der Waals surface area contributed by atoms with E-state index in [4.69, 9.17) is 0 Å². The summed E-state index contributed by atoms with van der Waals surface area (Å²) in [5.74, 6) is 1.00. The fraction of sp³-hybridized carbons (Fsp3) is 0.250. The number of benzene rings is 1. The van der Waals surface area contributed by atoms with E-state index in [1.165, 1.54) is 0 Å². The molecule has 3 aromatic rings. The van der Waals surface area contributed by atoms with Crippen molar-refractivity contribution in [3.63, 3.8) is 0 Å². The van der Waals surface area contributed by atoms with Gasteiger partial charge in [0.05, 0.1) is 11.6 Å². The number of hydrogen-bond acceptors (Lipinski definition) is 3. The number of aromatic nitrogens is 3. The Hall–Kier alpha value is -2.20. The van der Waals surface area contributed by atoms with Gasteiger partial charge >= 0.3 is 0 Å². The second kappa shape index (κ2) is 5.43. The predicted molar refractivity (Wildman–Crippen MR) is 80.5 cm³/mol. The van der Waals surface area contributed by atoms with Crippen molar-refractivity contribution in [1.82, 2.24) is 19.9 Å². The van der Waals surface area contributed by atoms with Crippen LogP contribution in [0, 0.1) is 0 Å². The lowest BCUT2D eigenvalue weighted by atomic mass is 10.1. The van der Waals surface area contributed by atoms with E-state index in [2.05, 4.69) is 34.3 Å². The van der Waals surface area contributed by atoms with Gasteiger partial charge < -0.3 is 9.88 Å². The normalized spacial score (nSPS) is 12.7. The molecule has 1 aromatic carbocycles. The minimum atomic E-state index is 0.0668. The summed E-state index contributed by atoms with van der Waals surface area (Å²) in [6, 6.07) is 10.4. The molecule has 0 aliphatic heterocycles. The minimum absolute atomic E-state index is 0.0668. The molecule has 20 heavy (non-hydrogen) atoms. The van der Waals surface area contributed by atoms with E-state index in [1.54, 1.807) is 0 Å². The summed E-state index contributed by atoms with van der Waals surface area (Å²) in [4.78, 5) is 9.01. The predicted octanol–water partition coefficient (Wildman–Crippen LogP) is 2.67. The molecule has 3 rings (SSSR count). The Morgan fingerprint density at radius 3 is 2.85 bits per heavy atom. The number of pyridine rings is 1. The zero-order chi connectivity index (χ0) is 13.9. The second-order valence-electron chi connectivity index (χ2n) is 4.85. The van der Waals surface area contributed by atoms with Gasteiger partial charge in [0.25, 0.3) is 0 Å². The molecule has 0 saturated heterocycles. The molecule has 1 atom stereocenters. The maximum Gasteiger partial charge on any atom is 0.130 e. The summed E-state index contributed by atoms with van der Waals surface area (Å²) in [5, 5.41) is 4.64. The van der Waals surface area contributed by atoms with E-state index >= 15 is 0 Å². The molecule has 4 heteroatoms. The van der Waals surface area contributed by atoms with E-state index in [0.717, 1.165) is 28.8 Å². The summed E-state index contributed by atoms with van der Waals surface area (Å²) in [5.41, 5.74) is 2.16. The molecule has 0 saturated carbocycles. The number of rotatable bonds is 4. The van der Waals surface area contributed by atoms with E-state index in [1.807, 2.05) is 48.4 Å². The third kappa shape index (κ3) is 2.30. The van der Waals surface area contributed by atoms with Crippen LogP contribution in [0.2, 0.25) is 0 Å². The summed E-state index contributed by atoms with van der Waals surface area (Å²) in [6.45, 7) is 2.98. The van der Waals surface area contributed by atoms with Gasteiger partial charge in [-0.05, 0) is 24.2 Å². The number of nitrogens with one attached hydrogen (secondary N) is 1. The van der Waals surface area contributed by atoms with Crippen LogP contribution in [-0.2, 0) is 7.05 Å². The Balaban J connectivity index is 2.07. The summed E-state index contributed by atoms with van der Waals surface area (Å²) in [7, 11) is 2.02. The monoisotopic (exact) mass is 266 g/mol. The summed E-state index contributed by atoms with van der Waals surface area (Å²) in [6.07, 6.45) is 5.73. The van der Waals surface area contributed by atoms with Crippen LogP contribution in [0.25, 0.3) is 10.9 Å². The Bertz CT molecular complexity index is 717. The van der Waals surface area contributed by atoms with Crippen LogP contribution in [0.15, 0.2) is 48.9 Å². The third-order valence-electron chi connectivity index (χ3n) is 3.47. The number of nitrogens with zero attached hydrogens (tertiary/aromatic N) is 3. The van der Waals surface area contributed by atoms with Gasteiger partial charge in [-0.3, -0.25) is 4.98 Å². The van der Waals surface area contributed by atoms with Gasteiger partial charge in [-0.15, -0.1) is 0 Å². The topological polar surface area (TPSA) is 42.7 Å². The third-order valence-corrected chi connectivity index (χ3v) is 3.47. The van der Waals surface area contributed by atoms with Crippen molar-refractivity contribution in [3.05, 3.63) is 60.3 Å². The average Bonchev–Trinajstić information content (AvgIpc) is 2.90. The maximum atomic E-state index is 4.55. The van der Waals surface area contributed by atoms with E-state index in [-0.39, 0.29) is 6.04 Å². The van der Waals surface area contributed by atoms with Crippen LogP contribution in [0.3, 0.4) is 0 Å². The van der Waals surface area contributed by atoms with Crippen LogP contribution < -0.4 is 5.32 Å². The van der Waals surface area contributed by atoms with Crippen LogP contribution in [0.5, 0.6) is 0 Å². The fourth-order valence-electron chi connectivity index (χ4n) is 2.46. The quantitative estimate of drug-likeness (QED) is 0.789. The molecule has 4 nitrogen and oxygen atoms in total. The van der Waals surface area contributed by atoms with Gasteiger partial charge in [0.15, 0.2) is 0 Å². The SMILES string of the molecule is CCNC(c1cnc2ccccc2c1)c1nccn1C. The maximum absolute atomic E-state index is 4.55. The Morgan fingerprint density at radius 1 is 1.25 bits per heavy atom. The van der Waals surface area contributed by atoms with E-state index in [0.29, 0.717) is 0 Å². The molecule has 0 radical (unpaired) electrons. The molecule has 1 N–H and O–H groups in total. The van der Waals surface area contributed by atoms with E-state index < -0.39 is 0 Å². The molecule has 0 amide bonds. The van der Waals surface area contributed by atoms with Gasteiger partial charge in [0.1, 0.15) is 5.82 Å². The van der Waals surface area contributed by atoms with Crippen LogP contribution >= 0.6 is 0 Å². The average molecular weight is 266 g/mol.